The normalized spacial score (nSPS) is 20.9. The molecule has 1 aromatic heterocycles. The summed E-state index contributed by atoms with van der Waals surface area (Å²) >= 11 is 0. The van der Waals surface area contributed by atoms with Crippen LogP contribution in [0.3, 0.4) is 0 Å². The molecule has 54 valence electrons. The molecule has 1 fully saturated rings. The van der Waals surface area contributed by atoms with Gasteiger partial charge in [0.15, 0.2) is 0 Å². The lowest BCUT2D eigenvalue weighted by Crippen LogP contribution is -2.45. The van der Waals surface area contributed by atoms with E-state index >= 15 is 0 Å². The van der Waals surface area contributed by atoms with Crippen LogP contribution in [-0.2, 0) is 0 Å². The van der Waals surface area contributed by atoms with Crippen molar-refractivity contribution < 1.29 is 0 Å². The van der Waals surface area contributed by atoms with Crippen LogP contribution in [0, 0.1) is 0 Å². The van der Waals surface area contributed by atoms with Crippen molar-refractivity contribution in [2.24, 2.45) is 0 Å². The summed E-state index contributed by atoms with van der Waals surface area (Å²) in [6.07, 6.45) is 3.36. The van der Waals surface area contributed by atoms with E-state index in [0.29, 0.717) is 6.04 Å². The lowest BCUT2D eigenvalue weighted by Gasteiger charge is -2.35. The van der Waals surface area contributed by atoms with Gasteiger partial charge in [-0.05, 0) is 7.05 Å². The van der Waals surface area contributed by atoms with Crippen LogP contribution >= 0.6 is 0 Å². The molecule has 0 atom stereocenters. The van der Waals surface area contributed by atoms with Crippen LogP contribution < -0.4 is 0 Å². The Hall–Kier alpha value is -0.900. The van der Waals surface area contributed by atoms with Gasteiger partial charge in [-0.25, -0.2) is 9.67 Å². The second-order valence-corrected chi connectivity index (χ2v) is 2.75. The van der Waals surface area contributed by atoms with Crippen molar-refractivity contribution in [2.45, 2.75) is 6.04 Å². The van der Waals surface area contributed by atoms with Crippen LogP contribution in [0.5, 0.6) is 0 Å². The summed E-state index contributed by atoms with van der Waals surface area (Å²) in [7, 11) is 2.10. The van der Waals surface area contributed by atoms with Gasteiger partial charge in [0.2, 0.25) is 0 Å². The third-order valence-electron chi connectivity index (χ3n) is 1.86. The molecule has 4 heteroatoms. The molecule has 0 N–H and O–H groups in total. The Morgan fingerprint density at radius 2 is 2.30 bits per heavy atom. The summed E-state index contributed by atoms with van der Waals surface area (Å²) in [5.41, 5.74) is 0. The maximum Gasteiger partial charge on any atom is 0.137 e. The fourth-order valence-electron chi connectivity index (χ4n) is 1.24. The zero-order valence-electron chi connectivity index (χ0n) is 5.94. The standard InChI is InChI=1S/C6H10N4/c1-9-2-6(3-9)10-5-7-4-8-10/h4-6H,2-3H2,1H3. The van der Waals surface area contributed by atoms with Crippen LogP contribution in [0.25, 0.3) is 0 Å². The molecule has 1 aliphatic heterocycles. The first-order valence-electron chi connectivity index (χ1n) is 3.39. The Balaban J connectivity index is 2.04. The molecule has 4 nitrogen and oxygen atoms in total. The summed E-state index contributed by atoms with van der Waals surface area (Å²) in [6, 6.07) is 0.562. The molecule has 0 saturated carbocycles. The van der Waals surface area contributed by atoms with E-state index in [-0.39, 0.29) is 0 Å². The minimum Gasteiger partial charge on any atom is -0.302 e. The number of hydrogen-bond acceptors (Lipinski definition) is 3. The number of likely N-dealkylation sites (tertiary alicyclic amines) is 1. The second kappa shape index (κ2) is 2.05. The van der Waals surface area contributed by atoms with Crippen molar-refractivity contribution in [3.8, 4) is 0 Å². The fourth-order valence-corrected chi connectivity index (χ4v) is 1.24. The highest BCUT2D eigenvalue weighted by atomic mass is 15.4. The van der Waals surface area contributed by atoms with E-state index in [1.54, 1.807) is 12.7 Å². The Morgan fingerprint density at radius 3 is 2.80 bits per heavy atom. The van der Waals surface area contributed by atoms with E-state index in [9.17, 15) is 0 Å². The molecule has 0 bridgehead atoms. The van der Waals surface area contributed by atoms with Gasteiger partial charge >= 0.3 is 0 Å². The highest BCUT2D eigenvalue weighted by Crippen LogP contribution is 2.16. The average Bonchev–Trinajstić information content (AvgIpc) is 2.31. The Kier molecular flexibility index (Phi) is 1.20. The van der Waals surface area contributed by atoms with Gasteiger partial charge in [-0.3, -0.25) is 0 Å². The summed E-state index contributed by atoms with van der Waals surface area (Å²) < 4.78 is 1.92. The van der Waals surface area contributed by atoms with Gasteiger partial charge in [-0.15, -0.1) is 0 Å². The van der Waals surface area contributed by atoms with Crippen molar-refractivity contribution >= 4 is 0 Å². The number of rotatable bonds is 1. The average molecular weight is 138 g/mol. The quantitative estimate of drug-likeness (QED) is 0.537. The molecule has 10 heavy (non-hydrogen) atoms. The van der Waals surface area contributed by atoms with Crippen LogP contribution in [0.2, 0.25) is 0 Å². The molecular weight excluding hydrogens is 128 g/mol. The molecule has 2 heterocycles. The summed E-state index contributed by atoms with van der Waals surface area (Å²) in [4.78, 5) is 6.14. The lowest BCUT2D eigenvalue weighted by molar-refractivity contribution is 0.130. The minimum atomic E-state index is 0.562. The van der Waals surface area contributed by atoms with E-state index < -0.39 is 0 Å². The monoisotopic (exact) mass is 138 g/mol. The predicted octanol–water partition coefficient (Wildman–Crippen LogP) is -0.235. The third-order valence-corrected chi connectivity index (χ3v) is 1.86. The SMILES string of the molecule is CN1CC(n2cncn2)C1. The molecule has 1 aliphatic rings. The van der Waals surface area contributed by atoms with Crippen LogP contribution in [0.4, 0.5) is 0 Å². The van der Waals surface area contributed by atoms with E-state index in [2.05, 4.69) is 22.0 Å². The van der Waals surface area contributed by atoms with Crippen molar-refractivity contribution in [3.05, 3.63) is 12.7 Å². The summed E-state index contributed by atoms with van der Waals surface area (Å²) in [5.74, 6) is 0. The first kappa shape index (κ1) is 5.85. The summed E-state index contributed by atoms with van der Waals surface area (Å²) in [6.45, 7) is 2.20. The molecule has 2 rings (SSSR count). The van der Waals surface area contributed by atoms with Gasteiger partial charge in [0, 0.05) is 13.1 Å². The van der Waals surface area contributed by atoms with Crippen molar-refractivity contribution in [2.75, 3.05) is 20.1 Å². The number of hydrogen-bond donors (Lipinski definition) is 0. The van der Waals surface area contributed by atoms with Crippen molar-refractivity contribution in [1.29, 1.82) is 0 Å². The molecule has 0 aliphatic carbocycles. The lowest BCUT2D eigenvalue weighted by atomic mass is 10.1. The van der Waals surface area contributed by atoms with Crippen LogP contribution in [-0.4, -0.2) is 39.8 Å². The second-order valence-electron chi connectivity index (χ2n) is 2.75. The maximum atomic E-state index is 4.05. The van der Waals surface area contributed by atoms with E-state index in [1.807, 2.05) is 4.68 Å². The number of nitrogens with zero attached hydrogens (tertiary/aromatic N) is 4. The van der Waals surface area contributed by atoms with Gasteiger partial charge in [0.25, 0.3) is 0 Å². The fraction of sp³-hybridized carbons (Fsp3) is 0.667. The van der Waals surface area contributed by atoms with Gasteiger partial charge < -0.3 is 4.90 Å². The molecule has 1 aromatic rings. The highest BCUT2D eigenvalue weighted by Gasteiger charge is 2.24. The Morgan fingerprint density at radius 1 is 1.50 bits per heavy atom. The number of likely N-dealkylation sites (N-methyl/N-ethyl adjacent to an activating group) is 1. The minimum absolute atomic E-state index is 0.562. The van der Waals surface area contributed by atoms with E-state index in [1.165, 1.54) is 0 Å². The van der Waals surface area contributed by atoms with Crippen molar-refractivity contribution in [1.82, 2.24) is 19.7 Å². The maximum absolute atomic E-state index is 4.05. The van der Waals surface area contributed by atoms with Gasteiger partial charge in [-0.1, -0.05) is 0 Å². The molecule has 0 spiro atoms. The topological polar surface area (TPSA) is 34.0 Å². The zero-order chi connectivity index (χ0) is 6.97. The summed E-state index contributed by atoms with van der Waals surface area (Å²) in [5, 5.41) is 4.05. The smallest absolute Gasteiger partial charge is 0.137 e. The van der Waals surface area contributed by atoms with Crippen LogP contribution in [0.1, 0.15) is 6.04 Å². The van der Waals surface area contributed by atoms with Crippen molar-refractivity contribution in [3.63, 3.8) is 0 Å². The third kappa shape index (κ3) is 0.806. The zero-order valence-corrected chi connectivity index (χ0v) is 5.94. The first-order chi connectivity index (χ1) is 4.86. The molecule has 0 aromatic carbocycles. The molecule has 0 unspecified atom stereocenters. The van der Waals surface area contributed by atoms with Crippen LogP contribution in [0.15, 0.2) is 12.7 Å². The molecule has 0 radical (unpaired) electrons. The predicted molar refractivity (Wildman–Crippen MR) is 36.6 cm³/mol. The van der Waals surface area contributed by atoms with E-state index in [0.717, 1.165) is 13.1 Å². The molecule has 1 saturated heterocycles. The van der Waals surface area contributed by atoms with Gasteiger partial charge in [0.1, 0.15) is 12.7 Å². The Bertz CT molecular complexity index is 200. The van der Waals surface area contributed by atoms with E-state index in [4.69, 9.17) is 0 Å². The first-order valence-corrected chi connectivity index (χ1v) is 3.39. The largest absolute Gasteiger partial charge is 0.302 e. The molecule has 0 amide bonds. The van der Waals surface area contributed by atoms with Gasteiger partial charge in [0.05, 0.1) is 6.04 Å². The van der Waals surface area contributed by atoms with Gasteiger partial charge in [-0.2, -0.15) is 5.10 Å². The number of aromatic nitrogens is 3. The Labute approximate surface area is 59.5 Å². The highest BCUT2D eigenvalue weighted by molar-refractivity contribution is 4.81. The molecular formula is C6H10N4.